The lowest BCUT2D eigenvalue weighted by atomic mass is 10.2. The van der Waals surface area contributed by atoms with E-state index in [9.17, 15) is 13.2 Å². The van der Waals surface area contributed by atoms with E-state index in [-0.39, 0.29) is 28.1 Å². The minimum atomic E-state index is -4.55. The lowest BCUT2D eigenvalue weighted by molar-refractivity contribution is -0.137. The summed E-state index contributed by atoms with van der Waals surface area (Å²) in [5.41, 5.74) is -0.901. The Hall–Kier alpha value is -3.41. The van der Waals surface area contributed by atoms with Crippen LogP contribution in [0.15, 0.2) is 35.1 Å². The number of oxazole rings is 1. The highest BCUT2D eigenvalue weighted by Crippen LogP contribution is 2.36. The fourth-order valence-corrected chi connectivity index (χ4v) is 2.97. The molecule has 4 aromatic rings. The number of anilines is 1. The second-order valence-electron chi connectivity index (χ2n) is 6.12. The zero-order valence-electron chi connectivity index (χ0n) is 15.5. The van der Waals surface area contributed by atoms with Gasteiger partial charge in [0.25, 0.3) is 12.0 Å². The van der Waals surface area contributed by atoms with E-state index in [4.69, 9.17) is 20.8 Å². The fourth-order valence-electron chi connectivity index (χ4n) is 2.71. The molecule has 4 rings (SSSR count). The number of aromatic nitrogens is 6. The number of nitrogens with one attached hydrogen (secondary N) is 1. The summed E-state index contributed by atoms with van der Waals surface area (Å²) < 4.78 is 50.9. The van der Waals surface area contributed by atoms with Crippen LogP contribution < -0.4 is 10.1 Å². The first kappa shape index (κ1) is 19.9. The zero-order chi connectivity index (χ0) is 21.5. The van der Waals surface area contributed by atoms with E-state index in [1.54, 1.807) is 13.0 Å². The van der Waals surface area contributed by atoms with E-state index in [0.717, 1.165) is 12.1 Å². The summed E-state index contributed by atoms with van der Waals surface area (Å²) in [5.74, 6) is 0.981. The van der Waals surface area contributed by atoms with Crippen molar-refractivity contribution in [3.8, 4) is 11.8 Å². The Bertz CT molecular complexity index is 1210. The van der Waals surface area contributed by atoms with Gasteiger partial charge in [-0.25, -0.2) is 9.97 Å². The molecule has 13 heteroatoms. The normalized spacial score (nSPS) is 12.9. The van der Waals surface area contributed by atoms with E-state index in [1.165, 1.54) is 24.3 Å². The van der Waals surface area contributed by atoms with Gasteiger partial charge >= 0.3 is 6.18 Å². The number of nitrogens with zero attached hydrogens (tertiary/aromatic N) is 6. The van der Waals surface area contributed by atoms with Crippen LogP contribution in [0.4, 0.5) is 19.2 Å². The Balaban J connectivity index is 1.63. The van der Waals surface area contributed by atoms with Crippen molar-refractivity contribution in [1.29, 1.82) is 0 Å². The third kappa shape index (κ3) is 3.73. The van der Waals surface area contributed by atoms with Gasteiger partial charge in [0.1, 0.15) is 11.8 Å². The number of benzene rings is 1. The van der Waals surface area contributed by atoms with Crippen molar-refractivity contribution in [2.45, 2.75) is 19.1 Å². The number of halogens is 4. The van der Waals surface area contributed by atoms with Crippen LogP contribution in [0.5, 0.6) is 5.88 Å². The molecule has 0 radical (unpaired) electrons. The average molecular weight is 440 g/mol. The highest BCUT2D eigenvalue weighted by Gasteiger charge is 2.32. The highest BCUT2D eigenvalue weighted by atomic mass is 35.5. The molecule has 0 saturated carbocycles. The molecule has 3 heterocycles. The minimum Gasteiger partial charge on any atom is -0.481 e. The molecular formula is C17H13ClF3N7O2. The highest BCUT2D eigenvalue weighted by molar-refractivity contribution is 6.34. The number of fused-ring (bicyclic) bond motifs is 1. The van der Waals surface area contributed by atoms with Gasteiger partial charge in [-0.05, 0) is 19.1 Å². The number of hydrogen-bond acceptors (Lipinski definition) is 8. The molecule has 1 atom stereocenters. The van der Waals surface area contributed by atoms with Crippen LogP contribution in [0, 0.1) is 0 Å². The summed E-state index contributed by atoms with van der Waals surface area (Å²) in [4.78, 5) is 16.6. The minimum absolute atomic E-state index is 0.0258. The summed E-state index contributed by atoms with van der Waals surface area (Å²) in [7, 11) is 1.47. The first-order valence-corrected chi connectivity index (χ1v) is 8.85. The summed E-state index contributed by atoms with van der Waals surface area (Å²) in [6, 6.07) is 2.70. The van der Waals surface area contributed by atoms with E-state index in [1.807, 2.05) is 0 Å². The van der Waals surface area contributed by atoms with Gasteiger partial charge in [0.15, 0.2) is 11.4 Å². The van der Waals surface area contributed by atoms with Gasteiger partial charge in [-0.15, -0.1) is 0 Å². The van der Waals surface area contributed by atoms with Crippen LogP contribution in [-0.4, -0.2) is 36.8 Å². The largest absolute Gasteiger partial charge is 0.481 e. The van der Waals surface area contributed by atoms with Crippen LogP contribution >= 0.6 is 11.6 Å². The lowest BCUT2D eigenvalue weighted by Gasteiger charge is -2.12. The molecule has 30 heavy (non-hydrogen) atoms. The summed E-state index contributed by atoms with van der Waals surface area (Å²) in [6.45, 7) is 1.73. The van der Waals surface area contributed by atoms with E-state index in [0.29, 0.717) is 11.7 Å². The Morgan fingerprint density at radius 3 is 2.77 bits per heavy atom. The Labute approximate surface area is 171 Å². The molecule has 0 spiro atoms. The summed E-state index contributed by atoms with van der Waals surface area (Å²) in [6.07, 6.45) is -1.73. The maximum absolute atomic E-state index is 13.0. The second-order valence-corrected chi connectivity index (χ2v) is 6.53. The SMILES string of the molecule is COc1ccnc(-n2ncnc2[C@H](C)Nc2nc3cc(C(F)(F)F)cc(Cl)c3o2)n1. The quantitative estimate of drug-likeness (QED) is 0.496. The number of ether oxygens (including phenoxy) is 1. The zero-order valence-corrected chi connectivity index (χ0v) is 16.2. The van der Waals surface area contributed by atoms with Crippen LogP contribution in [0.3, 0.4) is 0 Å². The van der Waals surface area contributed by atoms with Gasteiger partial charge in [-0.2, -0.15) is 32.9 Å². The summed E-state index contributed by atoms with van der Waals surface area (Å²) in [5, 5.41) is 6.84. The second kappa shape index (κ2) is 7.44. The predicted octanol–water partition coefficient (Wildman–Crippen LogP) is 4.05. The third-order valence-electron chi connectivity index (χ3n) is 4.09. The number of hydrogen-bond donors (Lipinski definition) is 1. The number of alkyl halides is 3. The molecule has 0 aliphatic rings. The number of rotatable bonds is 5. The van der Waals surface area contributed by atoms with Crippen molar-refractivity contribution < 1.29 is 22.3 Å². The van der Waals surface area contributed by atoms with E-state index in [2.05, 4.69) is 30.4 Å². The maximum atomic E-state index is 13.0. The maximum Gasteiger partial charge on any atom is 0.416 e. The molecule has 0 bridgehead atoms. The van der Waals surface area contributed by atoms with E-state index < -0.39 is 17.8 Å². The Morgan fingerprint density at radius 2 is 2.03 bits per heavy atom. The van der Waals surface area contributed by atoms with Gasteiger partial charge in [0.05, 0.1) is 23.7 Å². The molecule has 9 nitrogen and oxygen atoms in total. The monoisotopic (exact) mass is 439 g/mol. The van der Waals surface area contributed by atoms with Crippen LogP contribution in [0.1, 0.15) is 24.4 Å². The molecule has 156 valence electrons. The fraction of sp³-hybridized carbons (Fsp3) is 0.235. The van der Waals surface area contributed by atoms with Gasteiger partial charge in [0, 0.05) is 12.3 Å². The molecule has 0 aliphatic heterocycles. The van der Waals surface area contributed by atoms with Crippen molar-refractivity contribution in [3.05, 3.63) is 47.1 Å². The Morgan fingerprint density at radius 1 is 1.23 bits per heavy atom. The summed E-state index contributed by atoms with van der Waals surface area (Å²) >= 11 is 5.94. The van der Waals surface area contributed by atoms with Gasteiger partial charge in [0.2, 0.25) is 5.88 Å². The van der Waals surface area contributed by atoms with Crippen molar-refractivity contribution in [1.82, 2.24) is 29.7 Å². The van der Waals surface area contributed by atoms with Gasteiger partial charge in [-0.1, -0.05) is 11.6 Å². The topological polar surface area (TPSA) is 104 Å². The third-order valence-corrected chi connectivity index (χ3v) is 4.37. The molecule has 0 aliphatic carbocycles. The average Bonchev–Trinajstić information content (AvgIpc) is 3.34. The van der Waals surface area contributed by atoms with Gasteiger partial charge < -0.3 is 14.5 Å². The standard InChI is InChI=1S/C17H13ClF3N7O2/c1-8(14-23-7-24-28(14)15-22-4-3-12(27-15)29-2)25-16-26-11-6-9(17(19,20)21)5-10(18)13(11)30-16/h3-8H,1-2H3,(H,25,26)/t8-/m0/s1. The molecule has 0 fully saturated rings. The Kier molecular flexibility index (Phi) is 4.94. The van der Waals surface area contributed by atoms with Crippen molar-refractivity contribution in [2.75, 3.05) is 12.4 Å². The molecule has 0 saturated heterocycles. The molecule has 0 unspecified atom stereocenters. The molecule has 0 amide bonds. The van der Waals surface area contributed by atoms with Gasteiger partial charge in [-0.3, -0.25) is 0 Å². The lowest BCUT2D eigenvalue weighted by Crippen LogP contribution is -2.15. The molecular weight excluding hydrogens is 427 g/mol. The first-order chi connectivity index (χ1) is 14.3. The number of methoxy groups -OCH3 is 1. The van der Waals surface area contributed by atoms with Crippen molar-refractivity contribution in [3.63, 3.8) is 0 Å². The first-order valence-electron chi connectivity index (χ1n) is 8.47. The molecule has 1 N–H and O–H groups in total. The van der Waals surface area contributed by atoms with Crippen LogP contribution in [-0.2, 0) is 6.18 Å². The predicted molar refractivity (Wildman–Crippen MR) is 99.6 cm³/mol. The van der Waals surface area contributed by atoms with Crippen LogP contribution in [0.2, 0.25) is 5.02 Å². The van der Waals surface area contributed by atoms with Crippen molar-refractivity contribution >= 4 is 28.7 Å². The molecule has 1 aromatic carbocycles. The van der Waals surface area contributed by atoms with Crippen molar-refractivity contribution in [2.24, 2.45) is 0 Å². The van der Waals surface area contributed by atoms with E-state index >= 15 is 0 Å². The van der Waals surface area contributed by atoms with Crippen LogP contribution in [0.25, 0.3) is 17.0 Å². The molecule has 3 aromatic heterocycles. The smallest absolute Gasteiger partial charge is 0.416 e.